The van der Waals surface area contributed by atoms with Crippen molar-refractivity contribution in [3.63, 3.8) is 0 Å². The molecule has 0 radical (unpaired) electrons. The van der Waals surface area contributed by atoms with Crippen LogP contribution in [-0.2, 0) is 0 Å². The number of pyridine rings is 2. The minimum atomic E-state index is 1.08. The smallest absolute Gasteiger partial charge is 0.123 e. The molecule has 3 aromatic heterocycles. The maximum atomic E-state index is 4.33. The lowest BCUT2D eigenvalue weighted by Crippen LogP contribution is -1.81. The van der Waals surface area contributed by atoms with Gasteiger partial charge >= 0.3 is 0 Å². The quantitative estimate of drug-likeness (QED) is 0.618. The van der Waals surface area contributed by atoms with Crippen molar-refractivity contribution in [2.24, 2.45) is 0 Å². The number of rotatable bonds is 1. The van der Waals surface area contributed by atoms with E-state index in [4.69, 9.17) is 0 Å². The highest BCUT2D eigenvalue weighted by Gasteiger charge is 2.04. The minimum absolute atomic E-state index is 1.08. The zero-order valence-corrected chi connectivity index (χ0v) is 8.74. The fourth-order valence-electron chi connectivity index (χ4n) is 1.65. The number of thiophene rings is 1. The van der Waals surface area contributed by atoms with Crippen LogP contribution in [0.1, 0.15) is 0 Å². The van der Waals surface area contributed by atoms with Gasteiger partial charge in [0.15, 0.2) is 0 Å². The Balaban J connectivity index is 2.31. The molecule has 0 saturated heterocycles. The summed E-state index contributed by atoms with van der Waals surface area (Å²) in [5.74, 6) is 0. The van der Waals surface area contributed by atoms with Gasteiger partial charge in [0.2, 0.25) is 0 Å². The zero-order chi connectivity index (χ0) is 10.1. The third-order valence-electron chi connectivity index (χ3n) is 2.34. The Hall–Kier alpha value is -1.74. The van der Waals surface area contributed by atoms with Crippen LogP contribution in [0.2, 0.25) is 0 Å². The Labute approximate surface area is 91.2 Å². The fourth-order valence-corrected chi connectivity index (χ4v) is 2.41. The highest BCUT2D eigenvalue weighted by atomic mass is 32.1. The van der Waals surface area contributed by atoms with Gasteiger partial charge in [0.25, 0.3) is 0 Å². The molecule has 0 aliphatic rings. The van der Waals surface area contributed by atoms with Gasteiger partial charge in [0.1, 0.15) is 4.83 Å². The summed E-state index contributed by atoms with van der Waals surface area (Å²) in [7, 11) is 0. The van der Waals surface area contributed by atoms with Crippen LogP contribution in [0, 0.1) is 0 Å². The van der Waals surface area contributed by atoms with Crippen LogP contribution < -0.4 is 0 Å². The molecule has 0 atom stereocenters. The predicted molar refractivity (Wildman–Crippen MR) is 62.9 cm³/mol. The number of hydrogen-bond acceptors (Lipinski definition) is 3. The second-order valence-corrected chi connectivity index (χ2v) is 4.13. The topological polar surface area (TPSA) is 25.8 Å². The first-order valence-electron chi connectivity index (χ1n) is 4.68. The monoisotopic (exact) mass is 212 g/mol. The van der Waals surface area contributed by atoms with Crippen molar-refractivity contribution in [1.29, 1.82) is 0 Å². The van der Waals surface area contributed by atoms with Gasteiger partial charge < -0.3 is 0 Å². The third-order valence-corrected chi connectivity index (χ3v) is 3.16. The number of fused-ring (bicyclic) bond motifs is 1. The summed E-state index contributed by atoms with van der Waals surface area (Å²) in [6.07, 6.45) is 5.52. The molecule has 0 aromatic carbocycles. The average Bonchev–Trinajstić information content (AvgIpc) is 2.78. The van der Waals surface area contributed by atoms with Gasteiger partial charge in [-0.1, -0.05) is 6.07 Å². The number of aromatic nitrogens is 2. The van der Waals surface area contributed by atoms with Crippen LogP contribution >= 0.6 is 11.3 Å². The predicted octanol–water partition coefficient (Wildman–Crippen LogP) is 3.36. The van der Waals surface area contributed by atoms with Crippen molar-refractivity contribution in [2.45, 2.75) is 0 Å². The first-order valence-corrected chi connectivity index (χ1v) is 5.56. The molecule has 2 nitrogen and oxygen atoms in total. The Morgan fingerprint density at radius 1 is 1.07 bits per heavy atom. The van der Waals surface area contributed by atoms with Gasteiger partial charge in [0, 0.05) is 29.5 Å². The van der Waals surface area contributed by atoms with Crippen LogP contribution in [0.3, 0.4) is 0 Å². The van der Waals surface area contributed by atoms with E-state index < -0.39 is 0 Å². The van der Waals surface area contributed by atoms with Crippen LogP contribution in [0.5, 0.6) is 0 Å². The van der Waals surface area contributed by atoms with E-state index in [1.807, 2.05) is 24.5 Å². The van der Waals surface area contributed by atoms with E-state index in [-0.39, 0.29) is 0 Å². The van der Waals surface area contributed by atoms with E-state index in [0.29, 0.717) is 0 Å². The van der Waals surface area contributed by atoms with Crippen molar-refractivity contribution >= 4 is 21.6 Å². The molecule has 0 amide bonds. The van der Waals surface area contributed by atoms with Crippen molar-refractivity contribution in [3.8, 4) is 11.1 Å². The van der Waals surface area contributed by atoms with E-state index in [1.54, 1.807) is 17.5 Å². The highest BCUT2D eigenvalue weighted by Crippen LogP contribution is 2.29. The molecule has 0 unspecified atom stereocenters. The van der Waals surface area contributed by atoms with E-state index in [0.717, 1.165) is 10.4 Å². The molecule has 0 bridgehead atoms. The van der Waals surface area contributed by atoms with E-state index in [2.05, 4.69) is 27.5 Å². The molecule has 0 spiro atoms. The summed E-state index contributed by atoms with van der Waals surface area (Å²) in [5, 5.41) is 3.27. The lowest BCUT2D eigenvalue weighted by Gasteiger charge is -2.01. The number of hydrogen-bond donors (Lipinski definition) is 0. The summed E-state index contributed by atoms with van der Waals surface area (Å²) < 4.78 is 0. The molecule has 0 saturated carbocycles. The maximum absolute atomic E-state index is 4.33. The Morgan fingerprint density at radius 3 is 2.93 bits per heavy atom. The second kappa shape index (κ2) is 3.44. The minimum Gasteiger partial charge on any atom is -0.264 e. The molecule has 72 valence electrons. The van der Waals surface area contributed by atoms with Crippen LogP contribution in [-0.4, -0.2) is 9.97 Å². The first kappa shape index (κ1) is 8.56. The molecule has 0 aliphatic heterocycles. The molecular weight excluding hydrogens is 204 g/mol. The molecule has 15 heavy (non-hydrogen) atoms. The normalized spacial score (nSPS) is 10.7. The molecule has 0 fully saturated rings. The summed E-state index contributed by atoms with van der Waals surface area (Å²) in [5.41, 5.74) is 2.35. The summed E-state index contributed by atoms with van der Waals surface area (Å²) in [6.45, 7) is 0. The maximum Gasteiger partial charge on any atom is 0.123 e. The standard InChI is InChI=1S/C12H8N2S/c1-2-9(8-13-5-1)10-3-6-14-12-11(10)4-7-15-12/h1-8H. The summed E-state index contributed by atoms with van der Waals surface area (Å²) in [4.78, 5) is 9.54. The van der Waals surface area contributed by atoms with Crippen LogP contribution in [0.4, 0.5) is 0 Å². The molecule has 3 heteroatoms. The Morgan fingerprint density at radius 2 is 2.07 bits per heavy atom. The van der Waals surface area contributed by atoms with Gasteiger partial charge in [-0.25, -0.2) is 4.98 Å². The van der Waals surface area contributed by atoms with E-state index >= 15 is 0 Å². The molecule has 3 aromatic rings. The Bertz CT molecular complexity index is 587. The largest absolute Gasteiger partial charge is 0.264 e. The summed E-state index contributed by atoms with van der Waals surface area (Å²) in [6, 6.07) is 8.16. The second-order valence-electron chi connectivity index (χ2n) is 3.24. The SMILES string of the molecule is c1cncc(-c2ccnc3sccc23)c1. The van der Waals surface area contributed by atoms with Gasteiger partial charge in [-0.3, -0.25) is 4.98 Å². The first-order chi connectivity index (χ1) is 7.45. The molecule has 3 heterocycles. The average molecular weight is 212 g/mol. The van der Waals surface area contributed by atoms with Gasteiger partial charge in [-0.05, 0) is 29.1 Å². The van der Waals surface area contributed by atoms with Crippen LogP contribution in [0.15, 0.2) is 48.2 Å². The summed E-state index contributed by atoms with van der Waals surface area (Å²) >= 11 is 1.66. The number of nitrogens with zero attached hydrogens (tertiary/aromatic N) is 2. The van der Waals surface area contributed by atoms with Crippen LogP contribution in [0.25, 0.3) is 21.3 Å². The zero-order valence-electron chi connectivity index (χ0n) is 7.92. The lowest BCUT2D eigenvalue weighted by atomic mass is 10.1. The van der Waals surface area contributed by atoms with E-state index in [9.17, 15) is 0 Å². The highest BCUT2D eigenvalue weighted by molar-refractivity contribution is 7.16. The van der Waals surface area contributed by atoms with E-state index in [1.165, 1.54) is 10.9 Å². The van der Waals surface area contributed by atoms with Crippen molar-refractivity contribution in [2.75, 3.05) is 0 Å². The lowest BCUT2D eigenvalue weighted by molar-refractivity contribution is 1.33. The molecular formula is C12H8N2S. The van der Waals surface area contributed by atoms with Gasteiger partial charge in [0.05, 0.1) is 0 Å². The molecule has 3 rings (SSSR count). The van der Waals surface area contributed by atoms with Crippen molar-refractivity contribution in [1.82, 2.24) is 9.97 Å². The molecule has 0 aliphatic carbocycles. The van der Waals surface area contributed by atoms with Gasteiger partial charge in [-0.15, -0.1) is 11.3 Å². The third kappa shape index (κ3) is 1.41. The fraction of sp³-hybridized carbons (Fsp3) is 0. The Kier molecular flexibility index (Phi) is 1.96. The molecule has 0 N–H and O–H groups in total. The van der Waals surface area contributed by atoms with Crippen molar-refractivity contribution < 1.29 is 0 Å². The van der Waals surface area contributed by atoms with Gasteiger partial charge in [-0.2, -0.15) is 0 Å². The van der Waals surface area contributed by atoms with Crippen molar-refractivity contribution in [3.05, 3.63) is 48.2 Å².